The zero-order chi connectivity index (χ0) is 14.8. The predicted octanol–water partition coefficient (Wildman–Crippen LogP) is 2.62. The Morgan fingerprint density at radius 1 is 1.38 bits per heavy atom. The molecular formula is C17H21N3O. The number of hydrogen-bond donors (Lipinski definition) is 1. The van der Waals surface area contributed by atoms with Crippen LogP contribution in [0.1, 0.15) is 25.5 Å². The van der Waals surface area contributed by atoms with E-state index in [-0.39, 0.29) is 5.91 Å². The number of nitrogen functional groups attached to an aromatic ring is 1. The lowest BCUT2D eigenvalue weighted by molar-refractivity contribution is -0.132. The summed E-state index contributed by atoms with van der Waals surface area (Å²) in [6.07, 6.45) is 2.68. The summed E-state index contributed by atoms with van der Waals surface area (Å²) in [5.74, 6) is 0.769. The summed E-state index contributed by atoms with van der Waals surface area (Å²) in [5, 5.41) is 1.01. The van der Waals surface area contributed by atoms with Gasteiger partial charge in [-0.05, 0) is 30.9 Å². The molecule has 4 nitrogen and oxygen atoms in total. The molecule has 0 spiro atoms. The zero-order valence-electron chi connectivity index (χ0n) is 12.4. The number of anilines is 1. The van der Waals surface area contributed by atoms with E-state index < -0.39 is 0 Å². The Kier molecular flexibility index (Phi) is 3.78. The van der Waals surface area contributed by atoms with Crippen molar-refractivity contribution in [1.29, 1.82) is 0 Å². The summed E-state index contributed by atoms with van der Waals surface area (Å²) in [6, 6.07) is 9.65. The first-order valence-corrected chi connectivity index (χ1v) is 7.55. The maximum Gasteiger partial charge on any atom is 0.228 e. The third-order valence-electron chi connectivity index (χ3n) is 4.15. The smallest absolute Gasteiger partial charge is 0.228 e. The van der Waals surface area contributed by atoms with Crippen LogP contribution in [0.5, 0.6) is 0 Å². The van der Waals surface area contributed by atoms with Crippen LogP contribution in [0.25, 0.3) is 10.9 Å². The number of piperidine rings is 1. The Balaban J connectivity index is 1.78. The third kappa shape index (κ3) is 2.99. The highest BCUT2D eigenvalue weighted by Gasteiger charge is 2.21. The molecule has 1 saturated heterocycles. The second-order valence-corrected chi connectivity index (χ2v) is 5.99. The van der Waals surface area contributed by atoms with Gasteiger partial charge in [-0.1, -0.05) is 25.1 Å². The second kappa shape index (κ2) is 5.72. The molecule has 1 aromatic carbocycles. The minimum absolute atomic E-state index is 0.169. The number of rotatable bonds is 2. The maximum atomic E-state index is 12.4. The number of likely N-dealkylation sites (tertiary alicyclic amines) is 1. The van der Waals surface area contributed by atoms with E-state index in [2.05, 4.69) is 11.9 Å². The molecule has 2 aromatic rings. The number of nitrogens with two attached hydrogens (primary N) is 1. The molecule has 1 amide bonds. The SMILES string of the molecule is CC1CCCN(C(=O)Cc2ccc3cccc(N)c3n2)C1. The Bertz CT molecular complexity index is 668. The van der Waals surface area contributed by atoms with Crippen LogP contribution >= 0.6 is 0 Å². The molecule has 2 N–H and O–H groups in total. The molecule has 21 heavy (non-hydrogen) atoms. The van der Waals surface area contributed by atoms with Gasteiger partial charge in [0.25, 0.3) is 0 Å². The lowest BCUT2D eigenvalue weighted by Gasteiger charge is -2.30. The highest BCUT2D eigenvalue weighted by atomic mass is 16.2. The molecule has 0 bridgehead atoms. The van der Waals surface area contributed by atoms with Crippen LogP contribution in [0.2, 0.25) is 0 Å². The number of amides is 1. The van der Waals surface area contributed by atoms with E-state index in [1.807, 2.05) is 35.2 Å². The highest BCUT2D eigenvalue weighted by molar-refractivity contribution is 5.89. The molecule has 1 aliphatic heterocycles. The van der Waals surface area contributed by atoms with Gasteiger partial charge >= 0.3 is 0 Å². The van der Waals surface area contributed by atoms with Crippen LogP contribution < -0.4 is 5.73 Å². The number of pyridine rings is 1. The molecule has 1 unspecified atom stereocenters. The molecule has 4 heteroatoms. The number of hydrogen-bond acceptors (Lipinski definition) is 3. The Morgan fingerprint density at radius 2 is 2.24 bits per heavy atom. The molecule has 1 aliphatic rings. The lowest BCUT2D eigenvalue weighted by atomic mass is 10.00. The largest absolute Gasteiger partial charge is 0.397 e. The Labute approximate surface area is 125 Å². The fraction of sp³-hybridized carbons (Fsp3) is 0.412. The van der Waals surface area contributed by atoms with Crippen LogP contribution in [0.3, 0.4) is 0 Å². The number of aromatic nitrogens is 1. The topological polar surface area (TPSA) is 59.2 Å². The van der Waals surface area contributed by atoms with Crippen molar-refractivity contribution in [2.24, 2.45) is 5.92 Å². The average Bonchev–Trinajstić information content (AvgIpc) is 2.48. The van der Waals surface area contributed by atoms with Crippen LogP contribution in [-0.2, 0) is 11.2 Å². The Morgan fingerprint density at radius 3 is 3.05 bits per heavy atom. The van der Waals surface area contributed by atoms with Gasteiger partial charge in [0.2, 0.25) is 5.91 Å². The van der Waals surface area contributed by atoms with E-state index >= 15 is 0 Å². The van der Waals surface area contributed by atoms with Crippen molar-refractivity contribution in [2.45, 2.75) is 26.2 Å². The summed E-state index contributed by atoms with van der Waals surface area (Å²) in [7, 11) is 0. The molecule has 1 atom stereocenters. The summed E-state index contributed by atoms with van der Waals surface area (Å²) in [4.78, 5) is 18.9. The van der Waals surface area contributed by atoms with E-state index in [9.17, 15) is 4.79 Å². The van der Waals surface area contributed by atoms with Crippen LogP contribution in [0.4, 0.5) is 5.69 Å². The van der Waals surface area contributed by atoms with Gasteiger partial charge in [-0.15, -0.1) is 0 Å². The van der Waals surface area contributed by atoms with Crippen LogP contribution in [-0.4, -0.2) is 28.9 Å². The van der Waals surface area contributed by atoms with Crippen molar-refractivity contribution in [3.63, 3.8) is 0 Å². The summed E-state index contributed by atoms with van der Waals surface area (Å²) < 4.78 is 0. The van der Waals surface area contributed by atoms with Crippen molar-refractivity contribution in [3.05, 3.63) is 36.0 Å². The summed E-state index contributed by atoms with van der Waals surface area (Å²) >= 11 is 0. The number of benzene rings is 1. The molecule has 1 fully saturated rings. The van der Waals surface area contributed by atoms with Gasteiger partial charge in [0, 0.05) is 18.5 Å². The molecule has 3 rings (SSSR count). The summed E-state index contributed by atoms with van der Waals surface area (Å²) in [6.45, 7) is 3.95. The molecule has 0 saturated carbocycles. The number of carbonyl (C=O) groups excluding carboxylic acids is 1. The van der Waals surface area contributed by atoms with Gasteiger partial charge in [0.15, 0.2) is 0 Å². The quantitative estimate of drug-likeness (QED) is 0.862. The van der Waals surface area contributed by atoms with Crippen molar-refractivity contribution < 1.29 is 4.79 Å². The molecular weight excluding hydrogens is 262 g/mol. The highest BCUT2D eigenvalue weighted by Crippen LogP contribution is 2.20. The summed E-state index contributed by atoms with van der Waals surface area (Å²) in [5.41, 5.74) is 8.20. The van der Waals surface area contributed by atoms with Gasteiger partial charge in [-0.3, -0.25) is 9.78 Å². The maximum absolute atomic E-state index is 12.4. The molecule has 0 radical (unpaired) electrons. The van der Waals surface area contributed by atoms with Crippen LogP contribution in [0.15, 0.2) is 30.3 Å². The zero-order valence-corrected chi connectivity index (χ0v) is 12.4. The van der Waals surface area contributed by atoms with Gasteiger partial charge < -0.3 is 10.6 Å². The molecule has 0 aliphatic carbocycles. The molecule has 110 valence electrons. The lowest BCUT2D eigenvalue weighted by Crippen LogP contribution is -2.40. The molecule has 2 heterocycles. The average molecular weight is 283 g/mol. The normalized spacial score (nSPS) is 18.9. The number of fused-ring (bicyclic) bond motifs is 1. The number of carbonyl (C=O) groups is 1. The van der Waals surface area contributed by atoms with Crippen molar-refractivity contribution in [2.75, 3.05) is 18.8 Å². The van der Waals surface area contributed by atoms with Gasteiger partial charge in [0.1, 0.15) is 0 Å². The van der Waals surface area contributed by atoms with Crippen molar-refractivity contribution in [1.82, 2.24) is 9.88 Å². The van der Waals surface area contributed by atoms with Gasteiger partial charge in [-0.25, -0.2) is 0 Å². The van der Waals surface area contributed by atoms with Crippen molar-refractivity contribution in [3.8, 4) is 0 Å². The van der Waals surface area contributed by atoms with E-state index in [1.165, 1.54) is 6.42 Å². The monoisotopic (exact) mass is 283 g/mol. The van der Waals surface area contributed by atoms with E-state index in [0.29, 0.717) is 18.0 Å². The van der Waals surface area contributed by atoms with E-state index in [1.54, 1.807) is 0 Å². The first-order chi connectivity index (χ1) is 10.1. The fourth-order valence-corrected chi connectivity index (χ4v) is 2.99. The minimum Gasteiger partial charge on any atom is -0.397 e. The van der Waals surface area contributed by atoms with Gasteiger partial charge in [0.05, 0.1) is 23.3 Å². The molecule has 1 aromatic heterocycles. The number of nitrogens with zero attached hydrogens (tertiary/aromatic N) is 2. The van der Waals surface area contributed by atoms with E-state index in [0.717, 1.165) is 36.1 Å². The third-order valence-corrected chi connectivity index (χ3v) is 4.15. The second-order valence-electron chi connectivity index (χ2n) is 5.99. The Hall–Kier alpha value is -2.10. The minimum atomic E-state index is 0.169. The van der Waals surface area contributed by atoms with Gasteiger partial charge in [-0.2, -0.15) is 0 Å². The predicted molar refractivity (Wildman–Crippen MR) is 84.8 cm³/mol. The first kappa shape index (κ1) is 13.9. The standard InChI is InChI=1S/C17H21N3O/c1-12-4-3-9-20(11-12)16(21)10-14-8-7-13-5-2-6-15(18)17(13)19-14/h2,5-8,12H,3-4,9-11,18H2,1H3. The van der Waals surface area contributed by atoms with Crippen LogP contribution in [0, 0.1) is 5.92 Å². The van der Waals surface area contributed by atoms with E-state index in [4.69, 9.17) is 5.73 Å². The van der Waals surface area contributed by atoms with Crippen molar-refractivity contribution >= 4 is 22.5 Å². The fourth-order valence-electron chi connectivity index (χ4n) is 2.99. The number of para-hydroxylation sites is 1. The first-order valence-electron chi connectivity index (χ1n) is 7.55.